The van der Waals surface area contributed by atoms with Crippen molar-refractivity contribution in [2.45, 2.75) is 37.6 Å². The van der Waals surface area contributed by atoms with Crippen molar-refractivity contribution in [2.24, 2.45) is 5.92 Å². The first kappa shape index (κ1) is 18.4. The summed E-state index contributed by atoms with van der Waals surface area (Å²) in [6.45, 7) is 0. The Hall–Kier alpha value is -2.41. The Kier molecular flexibility index (Phi) is 5.27. The fraction of sp³-hybridized carbons (Fsp3) is 0.368. The van der Waals surface area contributed by atoms with Gasteiger partial charge in [-0.25, -0.2) is 0 Å². The molecule has 7 heteroatoms. The average Bonchev–Trinajstić information content (AvgIpc) is 2.58. The number of rotatable bonds is 5. The van der Waals surface area contributed by atoms with E-state index >= 15 is 0 Å². The highest BCUT2D eigenvalue weighted by Crippen LogP contribution is 2.37. The van der Waals surface area contributed by atoms with Crippen LogP contribution in [0.25, 0.3) is 0 Å². The third-order valence-corrected chi connectivity index (χ3v) is 4.59. The molecule has 1 fully saturated rings. The summed E-state index contributed by atoms with van der Waals surface area (Å²) in [5.41, 5.74) is 0.477. The second kappa shape index (κ2) is 7.45. The van der Waals surface area contributed by atoms with Gasteiger partial charge in [-0.2, -0.15) is 13.2 Å². The van der Waals surface area contributed by atoms with Crippen LogP contribution in [0.1, 0.15) is 35.7 Å². The SMILES string of the molecule is O=C(Cc1ccc(C(F)(F)F)cc1)N[C@H](c1ccccn1)C1CC(O)C1. The minimum atomic E-state index is -4.39. The van der Waals surface area contributed by atoms with Crippen LogP contribution in [-0.4, -0.2) is 22.1 Å². The summed E-state index contributed by atoms with van der Waals surface area (Å²) in [6, 6.07) is 9.67. The average molecular weight is 364 g/mol. The Morgan fingerprint density at radius 2 is 1.88 bits per heavy atom. The van der Waals surface area contributed by atoms with E-state index < -0.39 is 11.7 Å². The zero-order chi connectivity index (χ0) is 18.7. The van der Waals surface area contributed by atoms with E-state index in [-0.39, 0.29) is 30.4 Å². The third-order valence-electron chi connectivity index (χ3n) is 4.59. The minimum Gasteiger partial charge on any atom is -0.393 e. The molecule has 1 aliphatic rings. The number of carbonyl (C=O) groups excluding carboxylic acids is 1. The minimum absolute atomic E-state index is 0.0171. The fourth-order valence-electron chi connectivity index (χ4n) is 3.12. The standard InChI is InChI=1S/C19H19F3N2O2/c20-19(21,22)14-6-4-12(5-7-14)9-17(26)24-18(13-10-15(25)11-13)16-3-1-2-8-23-16/h1-8,13,15,18,25H,9-11H2,(H,24,26)/t13?,15?,18-/m0/s1. The third kappa shape index (κ3) is 4.40. The molecular weight excluding hydrogens is 345 g/mol. The molecule has 26 heavy (non-hydrogen) atoms. The van der Waals surface area contributed by atoms with Gasteiger partial charge in [-0.05, 0) is 48.6 Å². The Morgan fingerprint density at radius 1 is 1.19 bits per heavy atom. The first-order chi connectivity index (χ1) is 12.3. The number of aliphatic hydroxyl groups excluding tert-OH is 1. The van der Waals surface area contributed by atoms with E-state index in [0.29, 0.717) is 24.1 Å². The summed E-state index contributed by atoms with van der Waals surface area (Å²) < 4.78 is 37.8. The molecule has 4 nitrogen and oxygen atoms in total. The Morgan fingerprint density at radius 3 is 2.42 bits per heavy atom. The van der Waals surface area contributed by atoms with E-state index in [0.717, 1.165) is 12.1 Å². The molecule has 0 saturated heterocycles. The number of aromatic nitrogens is 1. The van der Waals surface area contributed by atoms with E-state index in [1.807, 2.05) is 12.1 Å². The van der Waals surface area contributed by atoms with Gasteiger partial charge in [0.1, 0.15) is 0 Å². The van der Waals surface area contributed by atoms with Crippen LogP contribution in [0.5, 0.6) is 0 Å². The van der Waals surface area contributed by atoms with Gasteiger partial charge in [0, 0.05) is 6.20 Å². The summed E-state index contributed by atoms with van der Waals surface area (Å²) in [5, 5.41) is 12.5. The van der Waals surface area contributed by atoms with Crippen LogP contribution in [0.2, 0.25) is 0 Å². The number of amides is 1. The van der Waals surface area contributed by atoms with Crippen molar-refractivity contribution in [1.29, 1.82) is 0 Å². The molecule has 1 aromatic carbocycles. The smallest absolute Gasteiger partial charge is 0.393 e. The Bertz CT molecular complexity index is 742. The van der Waals surface area contributed by atoms with Gasteiger partial charge >= 0.3 is 6.18 Å². The van der Waals surface area contributed by atoms with Crippen LogP contribution < -0.4 is 5.32 Å². The van der Waals surface area contributed by atoms with E-state index in [2.05, 4.69) is 10.3 Å². The van der Waals surface area contributed by atoms with Gasteiger partial charge in [-0.3, -0.25) is 9.78 Å². The molecular formula is C19H19F3N2O2. The number of nitrogens with one attached hydrogen (secondary N) is 1. The number of nitrogens with zero attached hydrogens (tertiary/aromatic N) is 1. The van der Waals surface area contributed by atoms with Gasteiger partial charge in [0.2, 0.25) is 5.91 Å². The first-order valence-electron chi connectivity index (χ1n) is 8.37. The molecule has 1 atom stereocenters. The second-order valence-electron chi connectivity index (χ2n) is 6.56. The maximum atomic E-state index is 12.6. The van der Waals surface area contributed by atoms with Crippen molar-refractivity contribution in [1.82, 2.24) is 10.3 Å². The summed E-state index contributed by atoms with van der Waals surface area (Å²) in [7, 11) is 0. The second-order valence-corrected chi connectivity index (χ2v) is 6.56. The highest BCUT2D eigenvalue weighted by atomic mass is 19.4. The van der Waals surface area contributed by atoms with Gasteiger partial charge in [0.15, 0.2) is 0 Å². The van der Waals surface area contributed by atoms with E-state index in [4.69, 9.17) is 0 Å². The number of pyridine rings is 1. The highest BCUT2D eigenvalue weighted by molar-refractivity contribution is 5.79. The van der Waals surface area contributed by atoms with E-state index in [1.54, 1.807) is 12.3 Å². The largest absolute Gasteiger partial charge is 0.416 e. The van der Waals surface area contributed by atoms with Gasteiger partial charge in [0.05, 0.1) is 29.8 Å². The first-order valence-corrected chi connectivity index (χ1v) is 8.37. The van der Waals surface area contributed by atoms with Gasteiger partial charge in [-0.1, -0.05) is 18.2 Å². The lowest BCUT2D eigenvalue weighted by Gasteiger charge is -2.37. The van der Waals surface area contributed by atoms with E-state index in [1.165, 1.54) is 12.1 Å². The van der Waals surface area contributed by atoms with Crippen LogP contribution in [0.4, 0.5) is 13.2 Å². The van der Waals surface area contributed by atoms with Crippen LogP contribution in [0, 0.1) is 5.92 Å². The van der Waals surface area contributed by atoms with Crippen LogP contribution in [0.3, 0.4) is 0 Å². The number of benzene rings is 1. The van der Waals surface area contributed by atoms with Gasteiger partial charge in [-0.15, -0.1) is 0 Å². The number of hydrogen-bond donors (Lipinski definition) is 2. The summed E-state index contributed by atoms with van der Waals surface area (Å²) in [5.74, 6) is -0.196. The molecule has 2 aromatic rings. The quantitative estimate of drug-likeness (QED) is 0.856. The monoisotopic (exact) mass is 364 g/mol. The molecule has 1 heterocycles. The highest BCUT2D eigenvalue weighted by Gasteiger charge is 2.36. The molecule has 0 radical (unpaired) electrons. The van der Waals surface area contributed by atoms with Crippen molar-refractivity contribution in [2.75, 3.05) is 0 Å². The lowest BCUT2D eigenvalue weighted by molar-refractivity contribution is -0.137. The molecule has 1 saturated carbocycles. The molecule has 0 unspecified atom stereocenters. The Balaban J connectivity index is 1.66. The molecule has 3 rings (SSSR count). The summed E-state index contributed by atoms with van der Waals surface area (Å²) >= 11 is 0. The lowest BCUT2D eigenvalue weighted by atomic mass is 9.76. The number of halogens is 3. The zero-order valence-corrected chi connectivity index (χ0v) is 13.9. The molecule has 0 bridgehead atoms. The van der Waals surface area contributed by atoms with Crippen molar-refractivity contribution >= 4 is 5.91 Å². The molecule has 1 amide bonds. The molecule has 1 aliphatic carbocycles. The van der Waals surface area contributed by atoms with Gasteiger partial charge < -0.3 is 10.4 Å². The molecule has 138 valence electrons. The summed E-state index contributed by atoms with van der Waals surface area (Å²) in [6.07, 6.45) is -1.96. The number of hydrogen-bond acceptors (Lipinski definition) is 3. The predicted molar refractivity (Wildman–Crippen MR) is 89.0 cm³/mol. The maximum Gasteiger partial charge on any atom is 0.416 e. The van der Waals surface area contributed by atoms with Crippen molar-refractivity contribution in [3.05, 3.63) is 65.5 Å². The molecule has 2 N–H and O–H groups in total. The van der Waals surface area contributed by atoms with Crippen molar-refractivity contribution in [3.63, 3.8) is 0 Å². The molecule has 0 aliphatic heterocycles. The molecule has 0 spiro atoms. The lowest BCUT2D eigenvalue weighted by Crippen LogP contribution is -2.42. The van der Waals surface area contributed by atoms with E-state index in [9.17, 15) is 23.1 Å². The van der Waals surface area contributed by atoms with Crippen LogP contribution in [-0.2, 0) is 17.4 Å². The zero-order valence-electron chi connectivity index (χ0n) is 13.9. The van der Waals surface area contributed by atoms with Crippen LogP contribution in [0.15, 0.2) is 48.7 Å². The number of aliphatic hydroxyl groups is 1. The number of alkyl halides is 3. The maximum absolute atomic E-state index is 12.6. The van der Waals surface area contributed by atoms with Crippen molar-refractivity contribution in [3.8, 4) is 0 Å². The Labute approximate surface area is 149 Å². The fourth-order valence-corrected chi connectivity index (χ4v) is 3.12. The predicted octanol–water partition coefficient (Wildman–Crippen LogP) is 3.27. The summed E-state index contributed by atoms with van der Waals surface area (Å²) in [4.78, 5) is 16.7. The normalized spacial score (nSPS) is 20.9. The number of carbonyl (C=O) groups is 1. The topological polar surface area (TPSA) is 62.2 Å². The van der Waals surface area contributed by atoms with Crippen molar-refractivity contribution < 1.29 is 23.1 Å². The van der Waals surface area contributed by atoms with Crippen LogP contribution >= 0.6 is 0 Å². The van der Waals surface area contributed by atoms with Gasteiger partial charge in [0.25, 0.3) is 0 Å². The molecule has 1 aromatic heterocycles.